The van der Waals surface area contributed by atoms with Gasteiger partial charge in [-0.15, -0.1) is 0 Å². The van der Waals surface area contributed by atoms with Gasteiger partial charge in [0.1, 0.15) is 5.58 Å². The van der Waals surface area contributed by atoms with Gasteiger partial charge >= 0.3 is 6.18 Å². The van der Waals surface area contributed by atoms with Gasteiger partial charge in [-0.3, -0.25) is 9.78 Å². The van der Waals surface area contributed by atoms with Gasteiger partial charge in [-0.2, -0.15) is 13.2 Å². The highest BCUT2D eigenvalue weighted by atomic mass is 19.4. The summed E-state index contributed by atoms with van der Waals surface area (Å²) in [7, 11) is 0. The number of hydrogen-bond donors (Lipinski definition) is 2. The molecule has 0 saturated heterocycles. The number of nitrogens with zero attached hydrogens (tertiary/aromatic N) is 1. The maximum atomic E-state index is 13.4. The minimum Gasteiger partial charge on any atom is -0.451 e. The maximum Gasteiger partial charge on any atom is 0.450 e. The summed E-state index contributed by atoms with van der Waals surface area (Å²) in [5.74, 6) is -2.21. The molecule has 0 fully saturated rings. The minimum atomic E-state index is -4.79. The molecule has 1 unspecified atom stereocenters. The number of halogens is 3. The van der Waals surface area contributed by atoms with E-state index < -0.39 is 23.4 Å². The van der Waals surface area contributed by atoms with Crippen molar-refractivity contribution >= 4 is 22.6 Å². The van der Waals surface area contributed by atoms with Crippen molar-refractivity contribution in [2.45, 2.75) is 31.5 Å². The first kappa shape index (κ1) is 17.5. The number of rotatable bonds is 2. The Morgan fingerprint density at radius 1 is 1.30 bits per heavy atom. The molecular formula is C19H16F3N3O2. The lowest BCUT2D eigenvalue weighted by Crippen LogP contribution is -2.28. The molecule has 2 heterocycles. The smallest absolute Gasteiger partial charge is 0.450 e. The number of furan rings is 1. The Balaban J connectivity index is 1.71. The van der Waals surface area contributed by atoms with Crippen LogP contribution in [0.15, 0.2) is 40.9 Å². The summed E-state index contributed by atoms with van der Waals surface area (Å²) in [6.45, 7) is 0. The average Bonchev–Trinajstić information content (AvgIpc) is 3.01. The summed E-state index contributed by atoms with van der Waals surface area (Å²) < 4.78 is 45.0. The average molecular weight is 375 g/mol. The fourth-order valence-electron chi connectivity index (χ4n) is 3.38. The summed E-state index contributed by atoms with van der Waals surface area (Å²) in [5, 5.41) is 2.62. The van der Waals surface area contributed by atoms with Crippen LogP contribution < -0.4 is 11.1 Å². The molecule has 1 aromatic carbocycles. The van der Waals surface area contributed by atoms with Gasteiger partial charge in [0.25, 0.3) is 5.91 Å². The third-order valence-electron chi connectivity index (χ3n) is 4.63. The monoisotopic (exact) mass is 375 g/mol. The molecule has 0 radical (unpaired) electrons. The molecule has 1 atom stereocenters. The zero-order chi connectivity index (χ0) is 19.2. The zero-order valence-corrected chi connectivity index (χ0v) is 14.1. The number of aryl methyl sites for hydroxylation is 1. The largest absolute Gasteiger partial charge is 0.451 e. The Morgan fingerprint density at radius 2 is 2.07 bits per heavy atom. The Labute approximate surface area is 152 Å². The van der Waals surface area contributed by atoms with Crippen LogP contribution in [0.4, 0.5) is 18.9 Å². The molecule has 4 rings (SSSR count). The van der Waals surface area contributed by atoms with E-state index >= 15 is 0 Å². The first-order valence-electron chi connectivity index (χ1n) is 8.46. The SMILES string of the molecule is NC1CCc2ncc(NC(=O)c3c(C(F)(F)F)oc4ccccc34)cc2C1. The number of anilines is 1. The Hall–Kier alpha value is -2.87. The lowest BCUT2D eigenvalue weighted by atomic mass is 9.92. The van der Waals surface area contributed by atoms with Crippen LogP contribution in [0, 0.1) is 0 Å². The molecule has 1 amide bonds. The summed E-state index contributed by atoms with van der Waals surface area (Å²) in [6.07, 6.45) is -1.14. The van der Waals surface area contributed by atoms with Crippen LogP contribution in [0.1, 0.15) is 33.8 Å². The molecule has 0 saturated carbocycles. The molecule has 2 aromatic heterocycles. The second-order valence-corrected chi connectivity index (χ2v) is 6.59. The zero-order valence-electron chi connectivity index (χ0n) is 14.1. The number of alkyl halides is 3. The van der Waals surface area contributed by atoms with Crippen LogP contribution in [0.2, 0.25) is 0 Å². The number of pyridine rings is 1. The molecule has 3 aromatic rings. The standard InChI is InChI=1S/C19H16F3N3O2/c20-19(21,22)17-16(13-3-1-2-4-15(13)27-17)18(26)25-12-8-10-7-11(23)5-6-14(10)24-9-12/h1-4,8-9,11H,5-7,23H2,(H,25,26). The van der Waals surface area contributed by atoms with Crippen LogP contribution in [-0.4, -0.2) is 16.9 Å². The number of amides is 1. The van der Waals surface area contributed by atoms with Crippen molar-refractivity contribution in [3.8, 4) is 0 Å². The molecule has 0 spiro atoms. The van der Waals surface area contributed by atoms with E-state index in [2.05, 4.69) is 10.3 Å². The van der Waals surface area contributed by atoms with Crippen molar-refractivity contribution in [1.29, 1.82) is 0 Å². The number of fused-ring (bicyclic) bond motifs is 2. The minimum absolute atomic E-state index is 0.00418. The van der Waals surface area contributed by atoms with E-state index in [4.69, 9.17) is 10.2 Å². The predicted octanol–water partition coefficient (Wildman–Crippen LogP) is 3.91. The van der Waals surface area contributed by atoms with Crippen LogP contribution >= 0.6 is 0 Å². The fourth-order valence-corrected chi connectivity index (χ4v) is 3.38. The van der Waals surface area contributed by atoms with Crippen molar-refractivity contribution in [3.05, 3.63) is 59.1 Å². The number of aromatic nitrogens is 1. The van der Waals surface area contributed by atoms with E-state index in [0.29, 0.717) is 12.1 Å². The van der Waals surface area contributed by atoms with E-state index in [-0.39, 0.29) is 17.0 Å². The Bertz CT molecular complexity index is 1030. The number of hydrogen-bond acceptors (Lipinski definition) is 4. The number of para-hydroxylation sites is 1. The second-order valence-electron chi connectivity index (χ2n) is 6.59. The van der Waals surface area contributed by atoms with Crippen molar-refractivity contribution in [2.75, 3.05) is 5.32 Å². The summed E-state index contributed by atoms with van der Waals surface area (Å²) >= 11 is 0. The van der Waals surface area contributed by atoms with Crippen molar-refractivity contribution < 1.29 is 22.4 Å². The van der Waals surface area contributed by atoms with E-state index in [0.717, 1.165) is 24.1 Å². The topological polar surface area (TPSA) is 81.1 Å². The number of benzene rings is 1. The van der Waals surface area contributed by atoms with Crippen LogP contribution in [-0.2, 0) is 19.0 Å². The molecule has 27 heavy (non-hydrogen) atoms. The highest BCUT2D eigenvalue weighted by molar-refractivity contribution is 6.13. The molecule has 5 nitrogen and oxygen atoms in total. The molecular weight excluding hydrogens is 359 g/mol. The van der Waals surface area contributed by atoms with Crippen LogP contribution in [0.25, 0.3) is 11.0 Å². The maximum absolute atomic E-state index is 13.4. The molecule has 8 heteroatoms. The normalized spacial score (nSPS) is 17.0. The van der Waals surface area contributed by atoms with Crippen LogP contribution in [0.3, 0.4) is 0 Å². The Kier molecular flexibility index (Phi) is 4.15. The summed E-state index contributed by atoms with van der Waals surface area (Å²) in [5.41, 5.74) is 7.55. The van der Waals surface area contributed by atoms with E-state index in [1.165, 1.54) is 18.3 Å². The first-order valence-corrected chi connectivity index (χ1v) is 8.46. The van der Waals surface area contributed by atoms with Gasteiger partial charge in [-0.1, -0.05) is 18.2 Å². The predicted molar refractivity (Wildman–Crippen MR) is 93.4 cm³/mol. The fraction of sp³-hybridized carbons (Fsp3) is 0.263. The summed E-state index contributed by atoms with van der Waals surface area (Å²) in [6, 6.07) is 7.64. The van der Waals surface area contributed by atoms with E-state index in [1.54, 1.807) is 18.2 Å². The molecule has 0 aliphatic heterocycles. The quantitative estimate of drug-likeness (QED) is 0.712. The number of carbonyl (C=O) groups excluding carboxylic acids is 1. The van der Waals surface area contributed by atoms with Crippen molar-refractivity contribution in [2.24, 2.45) is 5.73 Å². The van der Waals surface area contributed by atoms with Gasteiger partial charge in [-0.05, 0) is 37.0 Å². The van der Waals surface area contributed by atoms with Gasteiger partial charge in [0.2, 0.25) is 5.76 Å². The third kappa shape index (κ3) is 3.28. The number of carbonyl (C=O) groups is 1. The molecule has 0 bridgehead atoms. The molecule has 1 aliphatic carbocycles. The van der Waals surface area contributed by atoms with Crippen LogP contribution in [0.5, 0.6) is 0 Å². The third-order valence-corrected chi connectivity index (χ3v) is 4.63. The summed E-state index contributed by atoms with van der Waals surface area (Å²) in [4.78, 5) is 17.0. The van der Waals surface area contributed by atoms with Gasteiger partial charge < -0.3 is 15.5 Å². The Morgan fingerprint density at radius 3 is 2.85 bits per heavy atom. The molecule has 140 valence electrons. The highest BCUT2D eigenvalue weighted by Crippen LogP contribution is 2.38. The van der Waals surface area contributed by atoms with Crippen molar-refractivity contribution in [1.82, 2.24) is 4.98 Å². The van der Waals surface area contributed by atoms with Gasteiger partial charge in [0, 0.05) is 17.1 Å². The number of nitrogens with one attached hydrogen (secondary N) is 1. The lowest BCUT2D eigenvalue weighted by Gasteiger charge is -2.21. The van der Waals surface area contributed by atoms with E-state index in [9.17, 15) is 18.0 Å². The van der Waals surface area contributed by atoms with Gasteiger partial charge in [0.05, 0.1) is 17.4 Å². The molecule has 1 aliphatic rings. The van der Waals surface area contributed by atoms with Gasteiger partial charge in [0.15, 0.2) is 0 Å². The molecule has 3 N–H and O–H groups in total. The second kappa shape index (κ2) is 6.38. The lowest BCUT2D eigenvalue weighted by molar-refractivity contribution is -0.152. The highest BCUT2D eigenvalue weighted by Gasteiger charge is 2.41. The van der Waals surface area contributed by atoms with Crippen molar-refractivity contribution in [3.63, 3.8) is 0 Å². The number of nitrogens with two attached hydrogens (primary N) is 1. The van der Waals surface area contributed by atoms with Gasteiger partial charge in [-0.25, -0.2) is 0 Å². The van der Waals surface area contributed by atoms with E-state index in [1.807, 2.05) is 0 Å². The first-order chi connectivity index (χ1) is 12.8.